The van der Waals surface area contributed by atoms with Gasteiger partial charge in [-0.1, -0.05) is 25.0 Å². The van der Waals surface area contributed by atoms with Gasteiger partial charge in [-0.05, 0) is 43.4 Å². The van der Waals surface area contributed by atoms with Crippen LogP contribution in [0.15, 0.2) is 24.3 Å². The van der Waals surface area contributed by atoms with Crippen LogP contribution in [0, 0.1) is 0 Å². The molecule has 168 valence electrons. The van der Waals surface area contributed by atoms with Crippen LogP contribution in [-0.2, 0) is 24.5 Å². The number of methoxy groups -OCH3 is 1. The first-order valence-electron chi connectivity index (χ1n) is 11.3. The number of rotatable bonds is 6. The van der Waals surface area contributed by atoms with Crippen LogP contribution in [0.5, 0.6) is 5.75 Å². The first-order valence-corrected chi connectivity index (χ1v) is 11.3. The highest BCUT2D eigenvalue weighted by Crippen LogP contribution is 2.43. The minimum atomic E-state index is -1.15. The summed E-state index contributed by atoms with van der Waals surface area (Å²) in [5.74, 6) is 0.198. The SMILES string of the molecule is COc1ccc([C@@]2(CC(=O)N(C)C3CCOCC3)CC(=O)N(C3CCCC3)C2=O)cc1. The fraction of sp³-hybridized carbons (Fsp3) is 0.625. The van der Waals surface area contributed by atoms with E-state index in [0.29, 0.717) is 24.5 Å². The summed E-state index contributed by atoms with van der Waals surface area (Å²) in [7, 11) is 3.39. The Balaban J connectivity index is 1.65. The average molecular weight is 429 g/mol. The van der Waals surface area contributed by atoms with Crippen molar-refractivity contribution in [1.82, 2.24) is 9.80 Å². The molecule has 0 aromatic heterocycles. The average Bonchev–Trinajstić information content (AvgIpc) is 3.40. The Hall–Kier alpha value is -2.41. The summed E-state index contributed by atoms with van der Waals surface area (Å²) >= 11 is 0. The lowest BCUT2D eigenvalue weighted by molar-refractivity contribution is -0.145. The minimum absolute atomic E-state index is 0.000972. The van der Waals surface area contributed by atoms with Crippen molar-refractivity contribution >= 4 is 17.7 Å². The number of carbonyl (C=O) groups is 3. The molecule has 0 bridgehead atoms. The molecule has 3 amide bonds. The van der Waals surface area contributed by atoms with E-state index in [1.807, 2.05) is 12.1 Å². The zero-order valence-electron chi connectivity index (χ0n) is 18.5. The Bertz CT molecular complexity index is 827. The molecule has 1 atom stereocenters. The quantitative estimate of drug-likeness (QED) is 0.651. The lowest BCUT2D eigenvalue weighted by Gasteiger charge is -2.35. The molecule has 1 aromatic carbocycles. The first kappa shape index (κ1) is 21.8. The summed E-state index contributed by atoms with van der Waals surface area (Å²) < 4.78 is 10.7. The van der Waals surface area contributed by atoms with E-state index >= 15 is 0 Å². The number of hydrogen-bond donors (Lipinski definition) is 0. The van der Waals surface area contributed by atoms with Crippen molar-refractivity contribution in [2.75, 3.05) is 27.4 Å². The van der Waals surface area contributed by atoms with Crippen molar-refractivity contribution in [2.24, 2.45) is 0 Å². The van der Waals surface area contributed by atoms with Crippen LogP contribution in [-0.4, -0.2) is 67.0 Å². The van der Waals surface area contributed by atoms with Gasteiger partial charge in [0.25, 0.3) is 0 Å². The summed E-state index contributed by atoms with van der Waals surface area (Å²) in [6.07, 6.45) is 5.39. The third-order valence-electron chi connectivity index (χ3n) is 7.27. The van der Waals surface area contributed by atoms with Crippen LogP contribution >= 0.6 is 0 Å². The summed E-state index contributed by atoms with van der Waals surface area (Å²) in [4.78, 5) is 43.5. The number of hydrogen-bond acceptors (Lipinski definition) is 5. The molecule has 4 rings (SSSR count). The standard InChI is InChI=1S/C24H32N2O5/c1-25(18-11-13-31-14-12-18)21(27)15-24(17-7-9-20(30-2)10-8-17)16-22(28)26(23(24)29)19-5-3-4-6-19/h7-10,18-19H,3-6,11-16H2,1-2H3/t24-/m1/s1. The van der Waals surface area contributed by atoms with Crippen LogP contribution in [0.3, 0.4) is 0 Å². The van der Waals surface area contributed by atoms with Gasteiger partial charge in [-0.3, -0.25) is 19.3 Å². The van der Waals surface area contributed by atoms with Crippen molar-refractivity contribution in [3.8, 4) is 5.75 Å². The predicted octanol–water partition coefficient (Wildman–Crippen LogP) is 2.66. The molecule has 1 aromatic rings. The predicted molar refractivity (Wildman–Crippen MR) is 115 cm³/mol. The Kier molecular flexibility index (Phi) is 6.32. The van der Waals surface area contributed by atoms with E-state index in [-0.39, 0.29) is 42.6 Å². The van der Waals surface area contributed by atoms with E-state index in [1.54, 1.807) is 31.2 Å². The zero-order valence-corrected chi connectivity index (χ0v) is 18.5. The molecule has 0 unspecified atom stereocenters. The van der Waals surface area contributed by atoms with E-state index in [1.165, 1.54) is 4.90 Å². The van der Waals surface area contributed by atoms with E-state index in [2.05, 4.69) is 0 Å². The van der Waals surface area contributed by atoms with Crippen molar-refractivity contribution < 1.29 is 23.9 Å². The zero-order chi connectivity index (χ0) is 22.0. The highest BCUT2D eigenvalue weighted by atomic mass is 16.5. The molecule has 7 nitrogen and oxygen atoms in total. The molecule has 2 aliphatic heterocycles. The molecule has 7 heteroatoms. The Morgan fingerprint density at radius 2 is 1.77 bits per heavy atom. The van der Waals surface area contributed by atoms with Gasteiger partial charge < -0.3 is 14.4 Å². The fourth-order valence-electron chi connectivity index (χ4n) is 5.33. The Morgan fingerprint density at radius 1 is 1.13 bits per heavy atom. The maximum Gasteiger partial charge on any atom is 0.241 e. The third kappa shape index (κ3) is 4.07. The number of imide groups is 1. The van der Waals surface area contributed by atoms with Crippen LogP contribution in [0.4, 0.5) is 0 Å². The number of carbonyl (C=O) groups excluding carboxylic acids is 3. The Labute approximate surface area is 183 Å². The molecule has 2 heterocycles. The second kappa shape index (κ2) is 8.99. The monoisotopic (exact) mass is 428 g/mol. The summed E-state index contributed by atoms with van der Waals surface area (Å²) in [5, 5.41) is 0. The van der Waals surface area contributed by atoms with Crippen molar-refractivity contribution in [3.05, 3.63) is 29.8 Å². The molecule has 1 aliphatic carbocycles. The molecular formula is C24H32N2O5. The largest absolute Gasteiger partial charge is 0.497 e. The van der Waals surface area contributed by atoms with Gasteiger partial charge in [0.2, 0.25) is 17.7 Å². The van der Waals surface area contributed by atoms with Gasteiger partial charge in [-0.25, -0.2) is 0 Å². The molecule has 1 saturated carbocycles. The van der Waals surface area contributed by atoms with Gasteiger partial charge in [-0.2, -0.15) is 0 Å². The maximum absolute atomic E-state index is 13.8. The topological polar surface area (TPSA) is 76.2 Å². The first-order chi connectivity index (χ1) is 15.0. The van der Waals surface area contributed by atoms with E-state index in [0.717, 1.165) is 38.5 Å². The van der Waals surface area contributed by atoms with Crippen molar-refractivity contribution in [3.63, 3.8) is 0 Å². The number of nitrogens with zero attached hydrogens (tertiary/aromatic N) is 2. The minimum Gasteiger partial charge on any atom is -0.497 e. The molecule has 3 aliphatic rings. The van der Waals surface area contributed by atoms with Crippen LogP contribution in [0.1, 0.15) is 56.9 Å². The number of ether oxygens (including phenoxy) is 2. The van der Waals surface area contributed by atoms with Crippen LogP contribution in [0.25, 0.3) is 0 Å². The lowest BCUT2D eigenvalue weighted by atomic mass is 9.75. The van der Waals surface area contributed by atoms with Crippen LogP contribution < -0.4 is 4.74 Å². The second-order valence-electron chi connectivity index (χ2n) is 9.02. The molecule has 0 N–H and O–H groups in total. The highest BCUT2D eigenvalue weighted by Gasteiger charge is 2.56. The van der Waals surface area contributed by atoms with E-state index in [9.17, 15) is 14.4 Å². The molecule has 31 heavy (non-hydrogen) atoms. The normalized spacial score (nSPS) is 25.3. The lowest BCUT2D eigenvalue weighted by Crippen LogP contribution is -2.47. The van der Waals surface area contributed by atoms with E-state index in [4.69, 9.17) is 9.47 Å². The van der Waals surface area contributed by atoms with Gasteiger partial charge in [0.05, 0.1) is 12.5 Å². The maximum atomic E-state index is 13.8. The molecule has 0 spiro atoms. The van der Waals surface area contributed by atoms with Crippen molar-refractivity contribution in [2.45, 2.75) is 68.9 Å². The van der Waals surface area contributed by atoms with Gasteiger partial charge in [-0.15, -0.1) is 0 Å². The van der Waals surface area contributed by atoms with Crippen LogP contribution in [0.2, 0.25) is 0 Å². The number of benzene rings is 1. The summed E-state index contributed by atoms with van der Waals surface area (Å²) in [5.41, 5.74) is -0.441. The van der Waals surface area contributed by atoms with Gasteiger partial charge >= 0.3 is 0 Å². The molecule has 2 saturated heterocycles. The third-order valence-corrected chi connectivity index (χ3v) is 7.27. The van der Waals surface area contributed by atoms with Gasteiger partial charge in [0.1, 0.15) is 5.75 Å². The summed E-state index contributed by atoms with van der Waals surface area (Å²) in [6, 6.07) is 7.29. The molecule has 3 fully saturated rings. The van der Waals surface area contributed by atoms with E-state index < -0.39 is 5.41 Å². The molecular weight excluding hydrogens is 396 g/mol. The molecule has 0 radical (unpaired) electrons. The summed E-state index contributed by atoms with van der Waals surface area (Å²) in [6.45, 7) is 1.28. The fourth-order valence-corrected chi connectivity index (χ4v) is 5.33. The van der Waals surface area contributed by atoms with Crippen molar-refractivity contribution in [1.29, 1.82) is 0 Å². The number of amides is 3. The highest BCUT2D eigenvalue weighted by molar-refractivity contribution is 6.11. The van der Waals surface area contributed by atoms with Gasteiger partial charge in [0, 0.05) is 45.2 Å². The van der Waals surface area contributed by atoms with Gasteiger partial charge in [0.15, 0.2) is 0 Å². The number of likely N-dealkylation sites (tertiary alicyclic amines) is 1. The Morgan fingerprint density at radius 3 is 2.39 bits per heavy atom. The smallest absolute Gasteiger partial charge is 0.241 e. The second-order valence-corrected chi connectivity index (χ2v) is 9.02.